The number of phenols is 1. The van der Waals surface area contributed by atoms with Crippen LogP contribution in [-0.4, -0.2) is 35.6 Å². The third-order valence-electron chi connectivity index (χ3n) is 9.31. The average molecular weight is 587 g/mol. The molecule has 2 amide bonds. The van der Waals surface area contributed by atoms with Gasteiger partial charge >= 0.3 is 0 Å². The van der Waals surface area contributed by atoms with E-state index < -0.39 is 23.7 Å². The lowest BCUT2D eigenvalue weighted by molar-refractivity contribution is -0.123. The third kappa shape index (κ3) is 4.20. The van der Waals surface area contributed by atoms with E-state index in [9.17, 15) is 24.3 Å². The van der Waals surface area contributed by atoms with Crippen LogP contribution in [-0.2, 0) is 19.2 Å². The fourth-order valence-corrected chi connectivity index (χ4v) is 7.29. The van der Waals surface area contributed by atoms with Crippen LogP contribution in [0.25, 0.3) is 0 Å². The van der Waals surface area contributed by atoms with Crippen molar-refractivity contribution < 1.29 is 29.0 Å². The number of imide groups is 1. The van der Waals surface area contributed by atoms with Crippen molar-refractivity contribution in [2.75, 3.05) is 17.3 Å². The number of ketones is 2. The van der Waals surface area contributed by atoms with Crippen LogP contribution in [0.2, 0.25) is 0 Å². The predicted octanol–water partition coefficient (Wildman–Crippen LogP) is 5.78. The van der Waals surface area contributed by atoms with E-state index in [4.69, 9.17) is 4.74 Å². The van der Waals surface area contributed by atoms with Crippen molar-refractivity contribution in [1.29, 1.82) is 0 Å². The van der Waals surface area contributed by atoms with Gasteiger partial charge in [-0.1, -0.05) is 42.0 Å². The molecule has 1 heterocycles. The molecule has 220 valence electrons. The number of benzene rings is 3. The minimum absolute atomic E-state index is 0.123. The normalized spacial score (nSPS) is 24.4. The molecular weight excluding hydrogens is 556 g/mol. The van der Waals surface area contributed by atoms with Gasteiger partial charge in [0.2, 0.25) is 11.8 Å². The van der Waals surface area contributed by atoms with Gasteiger partial charge in [0, 0.05) is 39.6 Å². The lowest BCUT2D eigenvalue weighted by Crippen LogP contribution is -2.39. The predicted molar refractivity (Wildman–Crippen MR) is 165 cm³/mol. The molecule has 3 aromatic rings. The van der Waals surface area contributed by atoms with Crippen LogP contribution in [0, 0.1) is 17.8 Å². The first-order valence-corrected chi connectivity index (χ1v) is 14.6. The van der Waals surface area contributed by atoms with Gasteiger partial charge in [0.15, 0.2) is 23.1 Å². The maximum atomic E-state index is 14.2. The second kappa shape index (κ2) is 10.5. The number of para-hydroxylation sites is 2. The van der Waals surface area contributed by atoms with Crippen molar-refractivity contribution in [3.8, 4) is 11.5 Å². The Balaban J connectivity index is 1.27. The van der Waals surface area contributed by atoms with Gasteiger partial charge in [-0.2, -0.15) is 0 Å². The van der Waals surface area contributed by atoms with Crippen molar-refractivity contribution in [3.63, 3.8) is 0 Å². The standard InChI is InChI=1S/C36H30N2O6/c1-19-17-28(39)27-18-26-23(30(32(27)33(19)40)24-9-6-10-29(44-2)34(24)41)15-16-25-31(26)36(43)38(35(25)42)22-13-11-21(12-14-22)37-20-7-4-3-5-8-20/h3-15,17,25-26,30-31,37,41H,16,18H2,1-2H3/t25-,26+,30+,31-/m0/s1. The highest BCUT2D eigenvalue weighted by Crippen LogP contribution is 2.57. The molecule has 1 aliphatic heterocycles. The molecule has 44 heavy (non-hydrogen) atoms. The molecule has 1 fully saturated rings. The first kappa shape index (κ1) is 27.6. The number of carbonyl (C=O) groups excluding carboxylic acids is 4. The Kier molecular flexibility index (Phi) is 6.57. The maximum absolute atomic E-state index is 14.2. The number of hydrogen-bond acceptors (Lipinski definition) is 7. The zero-order valence-corrected chi connectivity index (χ0v) is 24.2. The van der Waals surface area contributed by atoms with Crippen molar-refractivity contribution in [2.24, 2.45) is 17.8 Å². The van der Waals surface area contributed by atoms with E-state index in [1.54, 1.807) is 37.3 Å². The summed E-state index contributed by atoms with van der Waals surface area (Å²) in [4.78, 5) is 56.2. The molecule has 1 saturated heterocycles. The molecule has 3 aromatic carbocycles. The molecule has 0 bridgehead atoms. The SMILES string of the molecule is COc1cccc([C@H]2C3=CC[C@@H]4C(=O)N(c5ccc(Nc6ccccc6)cc5)C(=O)[C@@H]4[C@@H]3CC3=C2C(=O)C(C)=CC3=O)c1O. The van der Waals surface area contributed by atoms with Crippen molar-refractivity contribution in [2.45, 2.75) is 25.7 Å². The number of carbonyl (C=O) groups is 4. The summed E-state index contributed by atoms with van der Waals surface area (Å²) in [5.74, 6) is -3.55. The van der Waals surface area contributed by atoms with Crippen LogP contribution in [0.15, 0.2) is 107 Å². The van der Waals surface area contributed by atoms with E-state index in [0.29, 0.717) is 34.4 Å². The molecule has 0 radical (unpaired) electrons. The number of amides is 2. The fraction of sp³-hybridized carbons (Fsp3) is 0.222. The summed E-state index contributed by atoms with van der Waals surface area (Å²) in [6.07, 6.45) is 3.76. The van der Waals surface area contributed by atoms with E-state index >= 15 is 0 Å². The topological polar surface area (TPSA) is 113 Å². The number of ether oxygens (including phenoxy) is 1. The number of aromatic hydroxyl groups is 1. The highest BCUT2D eigenvalue weighted by Gasteiger charge is 2.56. The number of phenolic OH excluding ortho intramolecular Hbond substituents is 1. The molecule has 8 nitrogen and oxygen atoms in total. The van der Waals surface area contributed by atoms with Gasteiger partial charge in [0.25, 0.3) is 0 Å². The van der Waals surface area contributed by atoms with Gasteiger partial charge in [0.1, 0.15) is 0 Å². The van der Waals surface area contributed by atoms with Crippen LogP contribution in [0.5, 0.6) is 11.5 Å². The summed E-state index contributed by atoms with van der Waals surface area (Å²) in [6.45, 7) is 1.61. The molecule has 0 aromatic heterocycles. The number of methoxy groups -OCH3 is 1. The van der Waals surface area contributed by atoms with Crippen LogP contribution in [0.4, 0.5) is 17.1 Å². The van der Waals surface area contributed by atoms with E-state index in [0.717, 1.165) is 16.9 Å². The van der Waals surface area contributed by atoms with Gasteiger partial charge < -0.3 is 15.2 Å². The zero-order chi connectivity index (χ0) is 30.7. The Bertz CT molecular complexity index is 1840. The van der Waals surface area contributed by atoms with Crippen LogP contribution < -0.4 is 15.0 Å². The van der Waals surface area contributed by atoms with Crippen LogP contribution in [0.1, 0.15) is 31.2 Å². The molecule has 4 aliphatic rings. The second-order valence-electron chi connectivity index (χ2n) is 11.7. The van der Waals surface area contributed by atoms with Crippen molar-refractivity contribution in [1.82, 2.24) is 0 Å². The second-order valence-corrected chi connectivity index (χ2v) is 11.7. The van der Waals surface area contributed by atoms with Gasteiger partial charge in [-0.3, -0.25) is 24.1 Å². The Labute approximate surface area is 254 Å². The fourth-order valence-electron chi connectivity index (χ4n) is 7.29. The molecule has 0 unspecified atom stereocenters. The van der Waals surface area contributed by atoms with Crippen LogP contribution in [0.3, 0.4) is 0 Å². The number of anilines is 3. The Morgan fingerprint density at radius 3 is 2.32 bits per heavy atom. The lowest BCUT2D eigenvalue weighted by Gasteiger charge is -2.42. The van der Waals surface area contributed by atoms with E-state index in [-0.39, 0.29) is 41.3 Å². The number of hydrogen-bond donors (Lipinski definition) is 2. The number of nitrogens with zero attached hydrogens (tertiary/aromatic N) is 1. The van der Waals surface area contributed by atoms with Crippen molar-refractivity contribution >= 4 is 40.4 Å². The molecule has 4 atom stereocenters. The molecular formula is C36H30N2O6. The minimum atomic E-state index is -0.750. The molecule has 2 N–H and O–H groups in total. The number of fused-ring (bicyclic) bond motifs is 3. The Hall–Kier alpha value is -5.24. The summed E-state index contributed by atoms with van der Waals surface area (Å²) in [6, 6.07) is 21.9. The highest BCUT2D eigenvalue weighted by molar-refractivity contribution is 6.25. The molecule has 7 rings (SSSR count). The molecule has 8 heteroatoms. The molecule has 0 saturated carbocycles. The first-order chi connectivity index (χ1) is 21.3. The largest absolute Gasteiger partial charge is 0.504 e. The van der Waals surface area contributed by atoms with Gasteiger partial charge in [0.05, 0.1) is 24.6 Å². The number of Topliss-reactive ketones (excluding diaryl/α,β-unsaturated/α-hetero) is 1. The Morgan fingerprint density at radius 2 is 1.59 bits per heavy atom. The monoisotopic (exact) mass is 586 g/mol. The average Bonchev–Trinajstić information content (AvgIpc) is 3.29. The maximum Gasteiger partial charge on any atom is 0.238 e. The number of nitrogens with one attached hydrogen (secondary N) is 1. The van der Waals surface area contributed by atoms with Gasteiger partial charge in [-0.15, -0.1) is 0 Å². The smallest absolute Gasteiger partial charge is 0.238 e. The molecule has 3 aliphatic carbocycles. The quantitative estimate of drug-likeness (QED) is 0.221. The summed E-state index contributed by atoms with van der Waals surface area (Å²) < 4.78 is 5.36. The minimum Gasteiger partial charge on any atom is -0.504 e. The number of allylic oxidation sites excluding steroid dienone is 6. The first-order valence-electron chi connectivity index (χ1n) is 14.6. The third-order valence-corrected chi connectivity index (χ3v) is 9.31. The summed E-state index contributed by atoms with van der Waals surface area (Å²) >= 11 is 0. The van der Waals surface area contributed by atoms with Gasteiger partial charge in [-0.05, 0) is 74.2 Å². The lowest BCUT2D eigenvalue weighted by atomic mass is 9.59. The van der Waals surface area contributed by atoms with Crippen LogP contribution >= 0.6 is 0 Å². The van der Waals surface area contributed by atoms with Gasteiger partial charge in [-0.25, -0.2) is 0 Å². The van der Waals surface area contributed by atoms with E-state index in [1.807, 2.05) is 48.5 Å². The summed E-state index contributed by atoms with van der Waals surface area (Å²) in [7, 11) is 1.45. The highest BCUT2D eigenvalue weighted by atomic mass is 16.5. The summed E-state index contributed by atoms with van der Waals surface area (Å²) in [5.41, 5.74) is 4.41. The Morgan fingerprint density at radius 1 is 0.864 bits per heavy atom. The van der Waals surface area contributed by atoms with Crippen molar-refractivity contribution in [3.05, 3.63) is 113 Å². The zero-order valence-electron chi connectivity index (χ0n) is 24.2. The molecule has 0 spiro atoms. The van der Waals surface area contributed by atoms with E-state index in [2.05, 4.69) is 5.32 Å². The van der Waals surface area contributed by atoms with E-state index in [1.165, 1.54) is 18.1 Å². The number of rotatable bonds is 5. The summed E-state index contributed by atoms with van der Waals surface area (Å²) in [5, 5.41) is 14.5.